The molecule has 1 unspecified atom stereocenters. The molecule has 4 amide bonds. The fourth-order valence-corrected chi connectivity index (χ4v) is 4.68. The third-order valence-corrected chi connectivity index (χ3v) is 6.92. The number of methoxy groups -OCH3 is 1. The van der Waals surface area contributed by atoms with Gasteiger partial charge in [-0.25, -0.2) is 9.69 Å². The Kier molecular flexibility index (Phi) is 10.2. The number of para-hydroxylation sites is 1. The Hall–Kier alpha value is -4.33. The highest BCUT2D eigenvalue weighted by molar-refractivity contribution is 6.22. The second kappa shape index (κ2) is 14.2. The fourth-order valence-electron chi connectivity index (χ4n) is 4.68. The summed E-state index contributed by atoms with van der Waals surface area (Å²) in [5.74, 6) is 0.735. The SMILES string of the molecule is CCCCCCOc1ccc(NC(=O)CC2C(=O)N(c3ccccc3)C(=O)N2CCc2ccc(OC)cc2)cc1. The van der Waals surface area contributed by atoms with Crippen LogP contribution in [0.4, 0.5) is 16.2 Å². The Balaban J connectivity index is 1.41. The molecule has 40 heavy (non-hydrogen) atoms. The molecule has 8 heteroatoms. The molecule has 0 spiro atoms. The molecule has 1 N–H and O–H groups in total. The first-order valence-corrected chi connectivity index (χ1v) is 13.9. The molecule has 0 bridgehead atoms. The third-order valence-electron chi connectivity index (χ3n) is 6.92. The summed E-state index contributed by atoms with van der Waals surface area (Å²) in [4.78, 5) is 42.6. The van der Waals surface area contributed by atoms with Gasteiger partial charge in [-0.3, -0.25) is 9.59 Å². The van der Waals surface area contributed by atoms with Gasteiger partial charge in [-0.15, -0.1) is 0 Å². The van der Waals surface area contributed by atoms with Gasteiger partial charge in [0.1, 0.15) is 17.5 Å². The molecule has 4 rings (SSSR count). The summed E-state index contributed by atoms with van der Waals surface area (Å²) in [6, 6.07) is 22.2. The predicted molar refractivity (Wildman–Crippen MR) is 156 cm³/mol. The van der Waals surface area contributed by atoms with Gasteiger partial charge in [-0.2, -0.15) is 0 Å². The number of urea groups is 1. The van der Waals surface area contributed by atoms with Gasteiger partial charge in [0.15, 0.2) is 0 Å². The summed E-state index contributed by atoms with van der Waals surface area (Å²) in [6.07, 6.45) is 4.92. The Morgan fingerprint density at radius 3 is 2.25 bits per heavy atom. The summed E-state index contributed by atoms with van der Waals surface area (Å²) >= 11 is 0. The molecule has 8 nitrogen and oxygen atoms in total. The summed E-state index contributed by atoms with van der Waals surface area (Å²) in [7, 11) is 1.61. The number of carbonyl (C=O) groups excluding carboxylic acids is 3. The maximum Gasteiger partial charge on any atom is 0.332 e. The number of imide groups is 1. The van der Waals surface area contributed by atoms with E-state index in [0.29, 0.717) is 30.9 Å². The number of hydrogen-bond donors (Lipinski definition) is 1. The highest BCUT2D eigenvalue weighted by atomic mass is 16.5. The number of amides is 4. The molecule has 1 atom stereocenters. The molecule has 0 saturated carbocycles. The molecule has 0 aromatic heterocycles. The number of carbonyl (C=O) groups is 3. The molecule has 3 aromatic rings. The van der Waals surface area contributed by atoms with Gasteiger partial charge < -0.3 is 19.7 Å². The first-order valence-electron chi connectivity index (χ1n) is 13.9. The van der Waals surface area contributed by atoms with E-state index in [1.165, 1.54) is 22.6 Å². The minimum Gasteiger partial charge on any atom is -0.497 e. The van der Waals surface area contributed by atoms with Crippen molar-refractivity contribution in [2.75, 3.05) is 30.5 Å². The molecule has 1 fully saturated rings. The van der Waals surface area contributed by atoms with Gasteiger partial charge in [0, 0.05) is 12.2 Å². The van der Waals surface area contributed by atoms with Crippen LogP contribution in [0.2, 0.25) is 0 Å². The lowest BCUT2D eigenvalue weighted by Gasteiger charge is -2.21. The Labute approximate surface area is 235 Å². The van der Waals surface area contributed by atoms with Crippen LogP contribution in [0.1, 0.15) is 44.6 Å². The van der Waals surface area contributed by atoms with Crippen LogP contribution in [0, 0.1) is 0 Å². The molecular weight excluding hydrogens is 506 g/mol. The predicted octanol–water partition coefficient (Wildman–Crippen LogP) is 6.06. The number of unbranched alkanes of at least 4 members (excludes halogenated alkanes) is 3. The number of hydrogen-bond acceptors (Lipinski definition) is 5. The first kappa shape index (κ1) is 28.7. The standard InChI is InChI=1S/C32H37N3O5/c1-3-4-5-9-22-40-28-18-14-25(15-19-28)33-30(36)23-29-31(37)35(26-10-7-6-8-11-26)32(38)34(29)21-20-24-12-16-27(39-2)17-13-24/h6-8,10-19,29H,3-5,9,20-23H2,1-2H3,(H,33,36). The van der Waals surface area contributed by atoms with E-state index in [0.717, 1.165) is 29.9 Å². The van der Waals surface area contributed by atoms with Crippen LogP contribution in [-0.2, 0) is 16.0 Å². The van der Waals surface area contributed by atoms with E-state index in [1.807, 2.05) is 42.5 Å². The lowest BCUT2D eigenvalue weighted by molar-refractivity contribution is -0.124. The average molecular weight is 544 g/mol. The number of rotatable bonds is 14. The van der Waals surface area contributed by atoms with Crippen LogP contribution in [0.3, 0.4) is 0 Å². The molecule has 210 valence electrons. The number of nitrogens with one attached hydrogen (secondary N) is 1. The fraction of sp³-hybridized carbons (Fsp3) is 0.344. The zero-order valence-electron chi connectivity index (χ0n) is 23.2. The van der Waals surface area contributed by atoms with Crippen molar-refractivity contribution < 1.29 is 23.9 Å². The highest BCUT2D eigenvalue weighted by Gasteiger charge is 2.46. The third kappa shape index (κ3) is 7.40. The molecule has 0 radical (unpaired) electrons. The van der Waals surface area contributed by atoms with Crippen molar-refractivity contribution in [1.82, 2.24) is 4.90 Å². The van der Waals surface area contributed by atoms with Gasteiger partial charge in [0.05, 0.1) is 25.8 Å². The normalized spacial score (nSPS) is 14.9. The van der Waals surface area contributed by atoms with Gasteiger partial charge in [0.25, 0.3) is 5.91 Å². The van der Waals surface area contributed by atoms with Gasteiger partial charge in [0.2, 0.25) is 5.91 Å². The summed E-state index contributed by atoms with van der Waals surface area (Å²) in [5, 5.41) is 2.86. The van der Waals surface area contributed by atoms with Crippen molar-refractivity contribution >= 4 is 29.2 Å². The summed E-state index contributed by atoms with van der Waals surface area (Å²) in [6.45, 7) is 3.13. The largest absolute Gasteiger partial charge is 0.497 e. The van der Waals surface area contributed by atoms with Crippen molar-refractivity contribution in [3.8, 4) is 11.5 Å². The average Bonchev–Trinajstić information content (AvgIpc) is 3.21. The van der Waals surface area contributed by atoms with Gasteiger partial charge in [-0.1, -0.05) is 56.5 Å². The maximum atomic E-state index is 13.5. The second-order valence-corrected chi connectivity index (χ2v) is 9.78. The zero-order valence-corrected chi connectivity index (χ0v) is 23.2. The van der Waals surface area contributed by atoms with E-state index in [1.54, 1.807) is 43.5 Å². The van der Waals surface area contributed by atoms with Crippen LogP contribution < -0.4 is 19.7 Å². The minimum atomic E-state index is -0.906. The smallest absolute Gasteiger partial charge is 0.332 e. The highest BCUT2D eigenvalue weighted by Crippen LogP contribution is 2.28. The van der Waals surface area contributed by atoms with Crippen molar-refractivity contribution in [2.24, 2.45) is 0 Å². The lowest BCUT2D eigenvalue weighted by atomic mass is 10.1. The quantitative estimate of drug-likeness (QED) is 0.197. The molecule has 1 saturated heterocycles. The number of nitrogens with zero attached hydrogens (tertiary/aromatic N) is 2. The van der Waals surface area contributed by atoms with E-state index < -0.39 is 18.0 Å². The summed E-state index contributed by atoms with van der Waals surface area (Å²) < 4.78 is 11.0. The van der Waals surface area contributed by atoms with Crippen molar-refractivity contribution in [1.29, 1.82) is 0 Å². The van der Waals surface area contributed by atoms with Crippen LogP contribution in [0.15, 0.2) is 78.9 Å². The van der Waals surface area contributed by atoms with E-state index in [9.17, 15) is 14.4 Å². The second-order valence-electron chi connectivity index (χ2n) is 9.78. The van der Waals surface area contributed by atoms with Gasteiger partial charge >= 0.3 is 6.03 Å². The van der Waals surface area contributed by atoms with Crippen LogP contribution in [0.25, 0.3) is 0 Å². The van der Waals surface area contributed by atoms with Crippen LogP contribution in [0.5, 0.6) is 11.5 Å². The van der Waals surface area contributed by atoms with E-state index in [4.69, 9.17) is 9.47 Å². The lowest BCUT2D eigenvalue weighted by Crippen LogP contribution is -2.39. The topological polar surface area (TPSA) is 88.2 Å². The van der Waals surface area contributed by atoms with E-state index in [-0.39, 0.29) is 12.3 Å². The van der Waals surface area contributed by atoms with E-state index in [2.05, 4.69) is 12.2 Å². The Morgan fingerprint density at radius 2 is 1.57 bits per heavy atom. The molecule has 1 heterocycles. The monoisotopic (exact) mass is 543 g/mol. The number of benzene rings is 3. The molecular formula is C32H37N3O5. The molecule has 1 aliphatic rings. The van der Waals surface area contributed by atoms with E-state index >= 15 is 0 Å². The Morgan fingerprint density at radius 1 is 0.875 bits per heavy atom. The number of ether oxygens (including phenoxy) is 2. The van der Waals surface area contributed by atoms with Crippen LogP contribution >= 0.6 is 0 Å². The number of anilines is 2. The minimum absolute atomic E-state index is 0.147. The van der Waals surface area contributed by atoms with Crippen molar-refractivity contribution in [2.45, 2.75) is 51.5 Å². The van der Waals surface area contributed by atoms with Crippen molar-refractivity contribution in [3.05, 3.63) is 84.4 Å². The Bertz CT molecular complexity index is 1260. The van der Waals surface area contributed by atoms with Crippen LogP contribution in [-0.4, -0.2) is 49.0 Å². The van der Waals surface area contributed by atoms with Gasteiger partial charge in [-0.05, 0) is 66.9 Å². The molecule has 1 aliphatic heterocycles. The van der Waals surface area contributed by atoms with Crippen molar-refractivity contribution in [3.63, 3.8) is 0 Å². The first-order chi connectivity index (χ1) is 19.5. The molecule has 3 aromatic carbocycles. The maximum absolute atomic E-state index is 13.5. The molecule has 0 aliphatic carbocycles. The summed E-state index contributed by atoms with van der Waals surface area (Å²) in [5.41, 5.74) is 2.08. The zero-order chi connectivity index (χ0) is 28.3.